The summed E-state index contributed by atoms with van der Waals surface area (Å²) in [5.74, 6) is 1.39. The first-order valence-corrected chi connectivity index (χ1v) is 9.80. The molecule has 3 rings (SSSR count). The van der Waals surface area contributed by atoms with Crippen LogP contribution < -0.4 is 0 Å². The molecule has 0 unspecified atom stereocenters. The van der Waals surface area contributed by atoms with Crippen molar-refractivity contribution in [2.75, 3.05) is 0 Å². The molecule has 0 N–H and O–H groups in total. The highest BCUT2D eigenvalue weighted by Crippen LogP contribution is 2.27. The maximum Gasteiger partial charge on any atom is -0.0178 e. The maximum atomic E-state index is 2.30. The Balaban J connectivity index is 1.81. The zero-order chi connectivity index (χ0) is 18.5. The summed E-state index contributed by atoms with van der Waals surface area (Å²) in [6.07, 6.45) is 2.28. The van der Waals surface area contributed by atoms with Gasteiger partial charge in [0.05, 0.1) is 0 Å². The van der Waals surface area contributed by atoms with Crippen LogP contribution in [-0.4, -0.2) is 0 Å². The van der Waals surface area contributed by atoms with Gasteiger partial charge in [0.25, 0.3) is 0 Å². The molecule has 0 amide bonds. The third-order valence-electron chi connectivity index (χ3n) is 4.73. The van der Waals surface area contributed by atoms with Crippen LogP contribution in [0.15, 0.2) is 72.8 Å². The zero-order valence-corrected chi connectivity index (χ0v) is 16.5. The highest BCUT2D eigenvalue weighted by atomic mass is 14.1. The number of benzene rings is 3. The first-order valence-electron chi connectivity index (χ1n) is 9.80. The van der Waals surface area contributed by atoms with Crippen molar-refractivity contribution in [2.45, 2.75) is 40.5 Å². The molecular formula is C26H30. The van der Waals surface area contributed by atoms with Crippen molar-refractivity contribution >= 4 is 0 Å². The smallest absolute Gasteiger partial charge is 0.0178 e. The monoisotopic (exact) mass is 342 g/mol. The number of hydrogen-bond acceptors (Lipinski definition) is 0. The molecule has 0 aromatic heterocycles. The van der Waals surface area contributed by atoms with Gasteiger partial charge in [0.2, 0.25) is 0 Å². The lowest BCUT2D eigenvalue weighted by molar-refractivity contribution is 0.647. The van der Waals surface area contributed by atoms with E-state index in [9.17, 15) is 0 Å². The van der Waals surface area contributed by atoms with Crippen LogP contribution >= 0.6 is 0 Å². The topological polar surface area (TPSA) is 0 Å². The van der Waals surface area contributed by atoms with Crippen LogP contribution in [0.3, 0.4) is 0 Å². The van der Waals surface area contributed by atoms with Crippen LogP contribution in [-0.2, 0) is 12.8 Å². The Morgan fingerprint density at radius 1 is 0.500 bits per heavy atom. The molecule has 3 aromatic carbocycles. The summed E-state index contributed by atoms with van der Waals surface area (Å²) in [6, 6.07) is 26.9. The molecule has 0 aliphatic rings. The average Bonchev–Trinajstić information content (AvgIpc) is 2.62. The van der Waals surface area contributed by atoms with Crippen molar-refractivity contribution in [3.63, 3.8) is 0 Å². The molecule has 0 fully saturated rings. The van der Waals surface area contributed by atoms with Gasteiger partial charge < -0.3 is 0 Å². The zero-order valence-electron chi connectivity index (χ0n) is 16.5. The molecule has 0 heteroatoms. The molecule has 0 aliphatic heterocycles. The molecule has 3 aromatic rings. The summed E-state index contributed by atoms with van der Waals surface area (Å²) >= 11 is 0. The van der Waals surface area contributed by atoms with E-state index < -0.39 is 0 Å². The van der Waals surface area contributed by atoms with E-state index in [1.165, 1.54) is 33.4 Å². The van der Waals surface area contributed by atoms with Crippen LogP contribution in [0.5, 0.6) is 0 Å². The summed E-state index contributed by atoms with van der Waals surface area (Å²) in [6.45, 7) is 9.07. The third-order valence-corrected chi connectivity index (χ3v) is 4.73. The van der Waals surface area contributed by atoms with Crippen molar-refractivity contribution in [3.05, 3.63) is 83.9 Å². The van der Waals surface area contributed by atoms with E-state index in [1.54, 1.807) is 0 Å². The van der Waals surface area contributed by atoms with Gasteiger partial charge in [-0.25, -0.2) is 0 Å². The lowest BCUT2D eigenvalue weighted by Crippen LogP contribution is -1.93. The molecule has 0 heterocycles. The van der Waals surface area contributed by atoms with Gasteiger partial charge in [-0.3, -0.25) is 0 Å². The molecular weight excluding hydrogens is 312 g/mol. The van der Waals surface area contributed by atoms with Gasteiger partial charge in [0.15, 0.2) is 0 Å². The Bertz CT molecular complexity index is 752. The van der Waals surface area contributed by atoms with E-state index in [0.717, 1.165) is 12.8 Å². The average molecular weight is 343 g/mol. The van der Waals surface area contributed by atoms with E-state index >= 15 is 0 Å². The van der Waals surface area contributed by atoms with Crippen molar-refractivity contribution in [1.82, 2.24) is 0 Å². The van der Waals surface area contributed by atoms with Crippen LogP contribution in [0.1, 0.15) is 38.8 Å². The second kappa shape index (κ2) is 8.36. The Hall–Kier alpha value is -2.34. The highest BCUT2D eigenvalue weighted by Gasteiger charge is 2.04. The van der Waals surface area contributed by atoms with Gasteiger partial charge in [-0.1, -0.05) is 94.4 Å². The Morgan fingerprint density at radius 2 is 0.885 bits per heavy atom. The van der Waals surface area contributed by atoms with Crippen molar-refractivity contribution in [2.24, 2.45) is 11.8 Å². The van der Waals surface area contributed by atoms with Crippen LogP contribution in [0.2, 0.25) is 0 Å². The van der Waals surface area contributed by atoms with Crippen molar-refractivity contribution in [3.8, 4) is 22.3 Å². The predicted molar refractivity (Wildman–Crippen MR) is 114 cm³/mol. The van der Waals surface area contributed by atoms with Crippen LogP contribution in [0.25, 0.3) is 22.3 Å². The first-order chi connectivity index (χ1) is 12.5. The largest absolute Gasteiger partial charge is 0.0625 e. The number of rotatable bonds is 6. The van der Waals surface area contributed by atoms with E-state index in [2.05, 4.69) is 100 Å². The lowest BCUT2D eigenvalue weighted by Gasteiger charge is -2.10. The predicted octanol–water partition coefficient (Wildman–Crippen LogP) is 7.42. The summed E-state index contributed by atoms with van der Waals surface area (Å²) in [4.78, 5) is 0. The Labute approximate surface area is 158 Å². The van der Waals surface area contributed by atoms with Gasteiger partial charge in [0, 0.05) is 0 Å². The molecule has 0 radical (unpaired) electrons. The highest BCUT2D eigenvalue weighted by molar-refractivity contribution is 5.73. The molecule has 0 saturated carbocycles. The van der Waals surface area contributed by atoms with Gasteiger partial charge in [-0.2, -0.15) is 0 Å². The first kappa shape index (κ1) is 18.5. The minimum atomic E-state index is 0.697. The molecule has 26 heavy (non-hydrogen) atoms. The van der Waals surface area contributed by atoms with Gasteiger partial charge in [0.1, 0.15) is 0 Å². The van der Waals surface area contributed by atoms with Crippen molar-refractivity contribution in [1.29, 1.82) is 0 Å². The second-order valence-corrected chi connectivity index (χ2v) is 8.17. The third kappa shape index (κ3) is 4.85. The summed E-state index contributed by atoms with van der Waals surface area (Å²) in [7, 11) is 0. The quantitative estimate of drug-likeness (QED) is 0.437. The molecule has 0 aliphatic carbocycles. The number of hydrogen-bond donors (Lipinski definition) is 0. The molecule has 0 bridgehead atoms. The fraction of sp³-hybridized carbons (Fsp3) is 0.308. The van der Waals surface area contributed by atoms with E-state index in [4.69, 9.17) is 0 Å². The molecule has 0 nitrogen and oxygen atoms in total. The van der Waals surface area contributed by atoms with Crippen LogP contribution in [0, 0.1) is 11.8 Å². The summed E-state index contributed by atoms with van der Waals surface area (Å²) in [5, 5.41) is 0. The van der Waals surface area contributed by atoms with Crippen molar-refractivity contribution < 1.29 is 0 Å². The van der Waals surface area contributed by atoms with E-state index in [0.29, 0.717) is 11.8 Å². The van der Waals surface area contributed by atoms with Crippen LogP contribution in [0.4, 0.5) is 0 Å². The normalized spacial score (nSPS) is 11.3. The SMILES string of the molecule is CC(C)Cc1ccc(-c2cccc(-c3ccc(CC(C)C)cc3)c2)cc1. The minimum Gasteiger partial charge on any atom is -0.0625 e. The second-order valence-electron chi connectivity index (χ2n) is 8.17. The summed E-state index contributed by atoms with van der Waals surface area (Å²) < 4.78 is 0. The van der Waals surface area contributed by atoms with E-state index in [1.807, 2.05) is 0 Å². The molecule has 0 spiro atoms. The Morgan fingerprint density at radius 3 is 1.23 bits per heavy atom. The summed E-state index contributed by atoms with van der Waals surface area (Å²) in [5.41, 5.74) is 7.97. The standard InChI is InChI=1S/C26H30/c1-19(2)16-21-8-12-23(13-9-21)25-6-5-7-26(18-25)24-14-10-22(11-15-24)17-20(3)4/h5-15,18-20H,16-17H2,1-4H3. The van der Waals surface area contributed by atoms with Gasteiger partial charge in [-0.15, -0.1) is 0 Å². The minimum absolute atomic E-state index is 0.697. The molecule has 0 atom stereocenters. The lowest BCUT2D eigenvalue weighted by atomic mass is 9.95. The fourth-order valence-corrected chi connectivity index (χ4v) is 3.49. The molecule has 0 saturated heterocycles. The van der Waals surface area contributed by atoms with Gasteiger partial charge >= 0.3 is 0 Å². The van der Waals surface area contributed by atoms with Gasteiger partial charge in [-0.05, 0) is 64.1 Å². The Kier molecular flexibility index (Phi) is 5.93. The molecule has 134 valence electrons. The van der Waals surface area contributed by atoms with E-state index in [-0.39, 0.29) is 0 Å². The fourth-order valence-electron chi connectivity index (χ4n) is 3.49. The maximum absolute atomic E-state index is 2.30.